The number of hydrogen-bond acceptors (Lipinski definition) is 6. The molecule has 2 fully saturated rings. The summed E-state index contributed by atoms with van der Waals surface area (Å²) in [6, 6.07) is 4.85. The van der Waals surface area contributed by atoms with Crippen LogP contribution in [0.1, 0.15) is 50.5 Å². The normalized spacial score (nSPS) is 18.5. The van der Waals surface area contributed by atoms with Crippen LogP contribution in [-0.2, 0) is 20.9 Å². The number of phenols is 1. The third-order valence-corrected chi connectivity index (χ3v) is 5.53. The highest BCUT2D eigenvalue weighted by atomic mass is 16.6. The van der Waals surface area contributed by atoms with Crippen molar-refractivity contribution in [1.29, 1.82) is 0 Å². The summed E-state index contributed by atoms with van der Waals surface area (Å²) in [4.78, 5) is 26.3. The fraction of sp³-hybridized carbons (Fsp3) is 0.619. The van der Waals surface area contributed by atoms with E-state index >= 15 is 0 Å². The standard InChI is InChI=1S/C21H29NO6/c1-26-19-13-15(7-8-18(19)23)14-27-20(24)16-9-11-22(12-10-16)21(25)28-17-5-3-2-4-6-17/h7-8,13,16-17,23H,2-6,9-12,14H2,1H3. The van der Waals surface area contributed by atoms with E-state index in [1.54, 1.807) is 17.0 Å². The number of phenolic OH excluding ortho intramolecular Hbond substituents is 1. The van der Waals surface area contributed by atoms with Gasteiger partial charge in [-0.1, -0.05) is 12.5 Å². The number of nitrogens with zero attached hydrogens (tertiary/aromatic N) is 1. The number of ether oxygens (including phenoxy) is 3. The lowest BCUT2D eigenvalue weighted by molar-refractivity contribution is -0.151. The van der Waals surface area contributed by atoms with Crippen LogP contribution in [0.3, 0.4) is 0 Å². The summed E-state index contributed by atoms with van der Waals surface area (Å²) in [5.74, 6) is -0.0755. The fourth-order valence-corrected chi connectivity index (χ4v) is 3.78. The predicted octanol–water partition coefficient (Wildman–Crippen LogP) is 3.63. The molecule has 1 amide bonds. The Bertz CT molecular complexity index is 677. The maximum Gasteiger partial charge on any atom is 0.410 e. The Hall–Kier alpha value is -2.44. The van der Waals surface area contributed by atoms with Gasteiger partial charge >= 0.3 is 12.1 Å². The average molecular weight is 391 g/mol. The van der Waals surface area contributed by atoms with E-state index in [1.165, 1.54) is 19.6 Å². The number of piperidine rings is 1. The third-order valence-electron chi connectivity index (χ3n) is 5.53. The van der Waals surface area contributed by atoms with E-state index < -0.39 is 0 Å². The Labute approximate surface area is 165 Å². The van der Waals surface area contributed by atoms with Crippen molar-refractivity contribution in [3.05, 3.63) is 23.8 Å². The fourth-order valence-electron chi connectivity index (χ4n) is 3.78. The molecule has 1 saturated heterocycles. The highest BCUT2D eigenvalue weighted by molar-refractivity contribution is 5.73. The predicted molar refractivity (Wildman–Crippen MR) is 102 cm³/mol. The zero-order chi connectivity index (χ0) is 19.9. The van der Waals surface area contributed by atoms with Crippen LogP contribution in [0.4, 0.5) is 4.79 Å². The van der Waals surface area contributed by atoms with Crippen molar-refractivity contribution >= 4 is 12.1 Å². The highest BCUT2D eigenvalue weighted by Gasteiger charge is 2.30. The molecule has 7 nitrogen and oxygen atoms in total. The molecule has 154 valence electrons. The average Bonchev–Trinajstić information content (AvgIpc) is 2.73. The minimum absolute atomic E-state index is 0.0464. The van der Waals surface area contributed by atoms with E-state index in [1.807, 2.05) is 0 Å². The van der Waals surface area contributed by atoms with Crippen LogP contribution < -0.4 is 4.74 Å². The van der Waals surface area contributed by atoms with Crippen LogP contribution in [0.2, 0.25) is 0 Å². The lowest BCUT2D eigenvalue weighted by Gasteiger charge is -2.32. The molecule has 1 aromatic carbocycles. The van der Waals surface area contributed by atoms with Crippen LogP contribution in [0.15, 0.2) is 18.2 Å². The van der Waals surface area contributed by atoms with Gasteiger partial charge in [-0.3, -0.25) is 4.79 Å². The van der Waals surface area contributed by atoms with E-state index in [2.05, 4.69) is 0 Å². The first kappa shape index (κ1) is 20.3. The number of benzene rings is 1. The molecule has 0 spiro atoms. The third kappa shape index (κ3) is 5.30. The molecule has 1 heterocycles. The molecule has 1 N–H and O–H groups in total. The lowest BCUT2D eigenvalue weighted by atomic mass is 9.97. The summed E-state index contributed by atoms with van der Waals surface area (Å²) < 4.78 is 16.1. The van der Waals surface area contributed by atoms with E-state index in [4.69, 9.17) is 14.2 Å². The van der Waals surface area contributed by atoms with E-state index in [9.17, 15) is 14.7 Å². The Morgan fingerprint density at radius 3 is 2.50 bits per heavy atom. The van der Waals surface area contributed by atoms with Crippen molar-refractivity contribution in [1.82, 2.24) is 4.90 Å². The number of carbonyl (C=O) groups is 2. The van der Waals surface area contributed by atoms with Crippen molar-refractivity contribution in [3.8, 4) is 11.5 Å². The van der Waals surface area contributed by atoms with Gasteiger partial charge in [0.25, 0.3) is 0 Å². The topological polar surface area (TPSA) is 85.3 Å². The Kier molecular flexibility index (Phi) is 7.01. The molecular formula is C21H29NO6. The molecule has 1 aromatic rings. The largest absolute Gasteiger partial charge is 0.504 e. The zero-order valence-corrected chi connectivity index (χ0v) is 16.4. The molecule has 1 aliphatic carbocycles. The number of esters is 1. The molecule has 0 atom stereocenters. The molecule has 0 unspecified atom stereocenters. The van der Waals surface area contributed by atoms with E-state index in [0.717, 1.165) is 31.2 Å². The summed E-state index contributed by atoms with van der Waals surface area (Å²) in [6.07, 6.45) is 6.33. The summed E-state index contributed by atoms with van der Waals surface area (Å²) in [5, 5.41) is 9.61. The van der Waals surface area contributed by atoms with Crippen LogP contribution in [0.5, 0.6) is 11.5 Å². The molecule has 28 heavy (non-hydrogen) atoms. The van der Waals surface area contributed by atoms with Crippen molar-refractivity contribution in [2.45, 2.75) is 57.7 Å². The molecule has 7 heteroatoms. The van der Waals surface area contributed by atoms with E-state index in [0.29, 0.717) is 31.7 Å². The maximum absolute atomic E-state index is 12.3. The molecule has 0 radical (unpaired) electrons. The maximum atomic E-state index is 12.3. The molecular weight excluding hydrogens is 362 g/mol. The Balaban J connectivity index is 1.41. The van der Waals surface area contributed by atoms with Crippen LogP contribution >= 0.6 is 0 Å². The summed E-state index contributed by atoms with van der Waals surface area (Å²) in [5.41, 5.74) is 0.747. The molecule has 3 rings (SSSR count). The van der Waals surface area contributed by atoms with Gasteiger partial charge in [0.05, 0.1) is 13.0 Å². The van der Waals surface area contributed by atoms with Gasteiger partial charge < -0.3 is 24.2 Å². The first-order valence-electron chi connectivity index (χ1n) is 10.0. The highest BCUT2D eigenvalue weighted by Crippen LogP contribution is 2.27. The molecule has 1 saturated carbocycles. The van der Waals surface area contributed by atoms with Gasteiger partial charge in [-0.05, 0) is 56.2 Å². The van der Waals surface area contributed by atoms with Gasteiger partial charge in [0.2, 0.25) is 0 Å². The first-order valence-corrected chi connectivity index (χ1v) is 10.0. The number of aromatic hydroxyl groups is 1. The monoisotopic (exact) mass is 391 g/mol. The van der Waals surface area contributed by atoms with Gasteiger partial charge in [-0.2, -0.15) is 0 Å². The Morgan fingerprint density at radius 2 is 1.82 bits per heavy atom. The number of rotatable bonds is 5. The number of methoxy groups -OCH3 is 1. The molecule has 0 aromatic heterocycles. The summed E-state index contributed by atoms with van der Waals surface area (Å²) >= 11 is 0. The minimum atomic E-state index is -0.257. The van der Waals surface area contributed by atoms with Crippen LogP contribution in [0, 0.1) is 5.92 Å². The summed E-state index contributed by atoms with van der Waals surface area (Å²) in [7, 11) is 1.47. The van der Waals surface area contributed by atoms with Gasteiger partial charge in [0.1, 0.15) is 12.7 Å². The van der Waals surface area contributed by atoms with Gasteiger partial charge in [-0.25, -0.2) is 4.79 Å². The van der Waals surface area contributed by atoms with E-state index in [-0.39, 0.29) is 36.4 Å². The van der Waals surface area contributed by atoms with Crippen molar-refractivity contribution < 1.29 is 28.9 Å². The molecule has 2 aliphatic rings. The van der Waals surface area contributed by atoms with Crippen LogP contribution in [0.25, 0.3) is 0 Å². The Morgan fingerprint density at radius 1 is 1.11 bits per heavy atom. The van der Waals surface area contributed by atoms with Gasteiger partial charge in [0, 0.05) is 13.1 Å². The SMILES string of the molecule is COc1cc(COC(=O)C2CCN(C(=O)OC3CCCCC3)CC2)ccc1O. The second-order valence-electron chi connectivity index (χ2n) is 7.52. The van der Waals surface area contributed by atoms with Crippen molar-refractivity contribution in [2.75, 3.05) is 20.2 Å². The van der Waals surface area contributed by atoms with Crippen LogP contribution in [-0.4, -0.2) is 48.4 Å². The number of likely N-dealkylation sites (tertiary alicyclic amines) is 1. The van der Waals surface area contributed by atoms with Crippen molar-refractivity contribution in [2.24, 2.45) is 5.92 Å². The lowest BCUT2D eigenvalue weighted by Crippen LogP contribution is -2.42. The van der Waals surface area contributed by atoms with Crippen molar-refractivity contribution in [3.63, 3.8) is 0 Å². The first-order chi connectivity index (χ1) is 13.6. The second kappa shape index (κ2) is 9.66. The quantitative estimate of drug-likeness (QED) is 0.772. The molecule has 0 bridgehead atoms. The zero-order valence-electron chi connectivity index (χ0n) is 16.4. The summed E-state index contributed by atoms with van der Waals surface area (Å²) in [6.45, 7) is 1.15. The number of hydrogen-bond donors (Lipinski definition) is 1. The smallest absolute Gasteiger partial charge is 0.410 e. The number of carbonyl (C=O) groups excluding carboxylic acids is 2. The van der Waals surface area contributed by atoms with Gasteiger partial charge in [0.15, 0.2) is 11.5 Å². The second-order valence-corrected chi connectivity index (χ2v) is 7.52. The minimum Gasteiger partial charge on any atom is -0.504 e. The number of amides is 1. The van der Waals surface area contributed by atoms with Gasteiger partial charge in [-0.15, -0.1) is 0 Å². The molecule has 1 aliphatic heterocycles.